The molecule has 0 fully saturated rings. The first-order valence-corrected chi connectivity index (χ1v) is 8.99. The number of nitrogens with one attached hydrogen (secondary N) is 2. The van der Waals surface area contributed by atoms with Gasteiger partial charge in [-0.15, -0.1) is 0 Å². The highest BCUT2D eigenvalue weighted by Crippen LogP contribution is 2.22. The molecule has 7 nitrogen and oxygen atoms in total. The Morgan fingerprint density at radius 3 is 2.78 bits per heavy atom. The van der Waals surface area contributed by atoms with Crippen LogP contribution in [0.25, 0.3) is 11.4 Å². The van der Waals surface area contributed by atoms with Gasteiger partial charge in [-0.3, -0.25) is 0 Å². The van der Waals surface area contributed by atoms with Gasteiger partial charge in [-0.2, -0.15) is 14.9 Å². The molecule has 0 amide bonds. The van der Waals surface area contributed by atoms with Crippen LogP contribution in [0.1, 0.15) is 39.8 Å². The zero-order valence-electron chi connectivity index (χ0n) is 15.7. The number of esters is 1. The SMILES string of the molecule is CCOC(=O)c1c(C)[nH]c(/C=N/n2c(-c3ccccc3C)n[nH]c2=S)c1C. The quantitative estimate of drug-likeness (QED) is 0.397. The first-order chi connectivity index (χ1) is 12.9. The maximum atomic E-state index is 12.1. The summed E-state index contributed by atoms with van der Waals surface area (Å²) in [5.74, 6) is 0.282. The lowest BCUT2D eigenvalue weighted by Crippen LogP contribution is -2.06. The number of hydrogen-bond donors (Lipinski definition) is 2. The zero-order valence-corrected chi connectivity index (χ0v) is 16.5. The molecule has 0 saturated heterocycles. The van der Waals surface area contributed by atoms with E-state index >= 15 is 0 Å². The zero-order chi connectivity index (χ0) is 19.6. The number of hydrogen-bond acceptors (Lipinski definition) is 5. The van der Waals surface area contributed by atoms with E-state index in [4.69, 9.17) is 17.0 Å². The van der Waals surface area contributed by atoms with Crippen molar-refractivity contribution >= 4 is 24.4 Å². The summed E-state index contributed by atoms with van der Waals surface area (Å²) in [4.78, 5) is 15.3. The number of aryl methyl sites for hydroxylation is 2. The second-order valence-electron chi connectivity index (χ2n) is 6.11. The van der Waals surface area contributed by atoms with E-state index in [9.17, 15) is 4.79 Å². The molecule has 0 radical (unpaired) electrons. The third-order valence-electron chi connectivity index (χ3n) is 4.29. The molecule has 0 aliphatic carbocycles. The van der Waals surface area contributed by atoms with E-state index in [1.54, 1.807) is 17.8 Å². The Kier molecular flexibility index (Phi) is 5.36. The third kappa shape index (κ3) is 3.61. The minimum absolute atomic E-state index is 0.330. The minimum Gasteiger partial charge on any atom is -0.462 e. The Morgan fingerprint density at radius 1 is 1.33 bits per heavy atom. The molecule has 0 aliphatic heterocycles. The van der Waals surface area contributed by atoms with Gasteiger partial charge in [-0.25, -0.2) is 9.89 Å². The van der Waals surface area contributed by atoms with E-state index < -0.39 is 0 Å². The summed E-state index contributed by atoms with van der Waals surface area (Å²) in [6.07, 6.45) is 1.64. The van der Waals surface area contributed by atoms with Gasteiger partial charge < -0.3 is 9.72 Å². The highest BCUT2D eigenvalue weighted by molar-refractivity contribution is 7.71. The summed E-state index contributed by atoms with van der Waals surface area (Å²) in [5.41, 5.74) is 4.78. The van der Waals surface area contributed by atoms with Gasteiger partial charge in [-0.05, 0) is 51.0 Å². The van der Waals surface area contributed by atoms with Crippen molar-refractivity contribution in [3.8, 4) is 11.4 Å². The molecule has 8 heteroatoms. The van der Waals surface area contributed by atoms with Crippen LogP contribution in [0.5, 0.6) is 0 Å². The summed E-state index contributed by atoms with van der Waals surface area (Å²) >= 11 is 5.32. The number of aromatic amines is 2. The van der Waals surface area contributed by atoms with Crippen molar-refractivity contribution < 1.29 is 9.53 Å². The molecule has 0 atom stereocenters. The fraction of sp³-hybridized carbons (Fsp3) is 0.263. The van der Waals surface area contributed by atoms with Crippen molar-refractivity contribution in [1.29, 1.82) is 0 Å². The lowest BCUT2D eigenvalue weighted by molar-refractivity contribution is 0.0525. The molecule has 3 rings (SSSR count). The van der Waals surface area contributed by atoms with Crippen molar-refractivity contribution in [2.75, 3.05) is 6.61 Å². The van der Waals surface area contributed by atoms with Crippen LogP contribution in [0.3, 0.4) is 0 Å². The highest BCUT2D eigenvalue weighted by atomic mass is 32.1. The molecule has 0 aliphatic rings. The van der Waals surface area contributed by atoms with E-state index in [1.165, 1.54) is 0 Å². The largest absolute Gasteiger partial charge is 0.462 e. The van der Waals surface area contributed by atoms with Crippen molar-refractivity contribution in [3.05, 3.63) is 57.1 Å². The van der Waals surface area contributed by atoms with Crippen molar-refractivity contribution in [2.45, 2.75) is 27.7 Å². The summed E-state index contributed by atoms with van der Waals surface area (Å²) < 4.78 is 7.07. The number of carbonyl (C=O) groups excluding carboxylic acids is 1. The topological polar surface area (TPSA) is 88.1 Å². The van der Waals surface area contributed by atoms with Crippen LogP contribution < -0.4 is 0 Å². The summed E-state index contributed by atoms with van der Waals surface area (Å²) in [6.45, 7) is 7.81. The molecule has 140 valence electrons. The first-order valence-electron chi connectivity index (χ1n) is 8.58. The molecule has 0 spiro atoms. The second kappa shape index (κ2) is 7.71. The van der Waals surface area contributed by atoms with Crippen LogP contribution in [0.2, 0.25) is 0 Å². The molecule has 3 aromatic rings. The first kappa shape index (κ1) is 18.8. The number of H-pyrrole nitrogens is 2. The Hall–Kier alpha value is -3.00. The van der Waals surface area contributed by atoms with Gasteiger partial charge in [0, 0.05) is 11.3 Å². The summed E-state index contributed by atoms with van der Waals surface area (Å²) in [7, 11) is 0. The van der Waals surface area contributed by atoms with E-state index in [2.05, 4.69) is 20.3 Å². The number of nitrogens with zero attached hydrogens (tertiary/aromatic N) is 3. The van der Waals surface area contributed by atoms with Crippen LogP contribution in [-0.4, -0.2) is 38.6 Å². The van der Waals surface area contributed by atoms with Gasteiger partial charge in [0.1, 0.15) is 0 Å². The summed E-state index contributed by atoms with van der Waals surface area (Å²) in [6, 6.07) is 7.88. The lowest BCUT2D eigenvalue weighted by atomic mass is 10.1. The van der Waals surface area contributed by atoms with E-state index in [-0.39, 0.29) is 5.97 Å². The average Bonchev–Trinajstić information content (AvgIpc) is 3.13. The lowest BCUT2D eigenvalue weighted by Gasteiger charge is -2.04. The van der Waals surface area contributed by atoms with Gasteiger partial charge in [0.25, 0.3) is 0 Å². The molecular formula is C19H21N5O2S. The predicted octanol–water partition coefficient (Wildman–Crippen LogP) is 3.92. The van der Waals surface area contributed by atoms with Crippen LogP contribution in [0.4, 0.5) is 0 Å². The summed E-state index contributed by atoms with van der Waals surface area (Å²) in [5, 5.41) is 11.6. The van der Waals surface area contributed by atoms with Gasteiger partial charge >= 0.3 is 5.97 Å². The highest BCUT2D eigenvalue weighted by Gasteiger charge is 2.18. The molecule has 2 heterocycles. The monoisotopic (exact) mass is 383 g/mol. The maximum absolute atomic E-state index is 12.1. The number of benzene rings is 1. The number of rotatable bonds is 5. The fourth-order valence-electron chi connectivity index (χ4n) is 2.93. The second-order valence-corrected chi connectivity index (χ2v) is 6.49. The Labute approximate surface area is 162 Å². The molecule has 27 heavy (non-hydrogen) atoms. The van der Waals surface area contributed by atoms with Crippen LogP contribution in [0.15, 0.2) is 29.4 Å². The van der Waals surface area contributed by atoms with Crippen LogP contribution in [-0.2, 0) is 4.74 Å². The number of carbonyl (C=O) groups is 1. The van der Waals surface area contributed by atoms with Gasteiger partial charge in [0.05, 0.1) is 24.1 Å². The molecular weight excluding hydrogens is 362 g/mol. The average molecular weight is 383 g/mol. The molecule has 0 unspecified atom stereocenters. The van der Waals surface area contributed by atoms with Gasteiger partial charge in [0.2, 0.25) is 4.77 Å². The molecule has 2 N–H and O–H groups in total. The maximum Gasteiger partial charge on any atom is 0.340 e. The molecule has 0 bridgehead atoms. The molecule has 2 aromatic heterocycles. The predicted molar refractivity (Wildman–Crippen MR) is 107 cm³/mol. The van der Waals surface area contributed by atoms with Gasteiger partial charge in [-0.1, -0.05) is 24.3 Å². The van der Waals surface area contributed by atoms with Gasteiger partial charge in [0.15, 0.2) is 5.82 Å². The van der Waals surface area contributed by atoms with Crippen LogP contribution in [0, 0.1) is 25.5 Å². The van der Waals surface area contributed by atoms with E-state index in [0.29, 0.717) is 22.8 Å². The molecule has 0 saturated carbocycles. The van der Waals surface area contributed by atoms with Crippen molar-refractivity contribution in [3.63, 3.8) is 0 Å². The number of ether oxygens (including phenoxy) is 1. The fourth-order valence-corrected chi connectivity index (χ4v) is 3.10. The Balaban J connectivity index is 2.01. The molecule has 1 aromatic carbocycles. The normalized spacial score (nSPS) is 11.3. The minimum atomic E-state index is -0.344. The third-order valence-corrected chi connectivity index (χ3v) is 4.56. The van der Waals surface area contributed by atoms with Crippen molar-refractivity contribution in [1.82, 2.24) is 19.9 Å². The van der Waals surface area contributed by atoms with Crippen LogP contribution >= 0.6 is 12.2 Å². The van der Waals surface area contributed by atoms with E-state index in [1.807, 2.05) is 45.0 Å². The Morgan fingerprint density at radius 2 is 2.07 bits per heavy atom. The standard InChI is InChI=1S/C19H21N5O2S/c1-5-26-18(25)16-12(3)15(21-13(16)4)10-20-24-17(22-23-19(24)27)14-9-7-6-8-11(14)2/h6-10,21H,5H2,1-4H3,(H,23,27)/b20-10+. The Bertz CT molecular complexity index is 1070. The smallest absolute Gasteiger partial charge is 0.340 e. The van der Waals surface area contributed by atoms with E-state index in [0.717, 1.165) is 28.1 Å². The number of aromatic nitrogens is 4. The van der Waals surface area contributed by atoms with Crippen molar-refractivity contribution in [2.24, 2.45) is 5.10 Å².